The molecule has 7 heteroatoms. The SMILES string of the molecule is CCOC(=O)N1CCC(NC(=O)CC(=O)N2c3ccccc3CC2C)CC1. The summed E-state index contributed by atoms with van der Waals surface area (Å²) in [6.45, 7) is 5.24. The Balaban J connectivity index is 1.49. The average Bonchev–Trinajstić information content (AvgIpc) is 2.98. The third kappa shape index (κ3) is 4.40. The molecule has 0 aliphatic carbocycles. The molecule has 0 aromatic heterocycles. The van der Waals surface area contributed by atoms with Crippen LogP contribution in [-0.4, -0.2) is 54.6 Å². The summed E-state index contributed by atoms with van der Waals surface area (Å²) in [5.74, 6) is -0.430. The highest BCUT2D eigenvalue weighted by molar-refractivity contribution is 6.06. The number of hydrogen-bond acceptors (Lipinski definition) is 4. The molecule has 0 saturated carbocycles. The molecule has 7 nitrogen and oxygen atoms in total. The number of piperidine rings is 1. The van der Waals surface area contributed by atoms with E-state index in [1.165, 1.54) is 0 Å². The number of amides is 3. The number of carbonyl (C=O) groups excluding carboxylic acids is 3. The molecule has 1 aromatic rings. The minimum atomic E-state index is -0.306. The second kappa shape index (κ2) is 8.41. The molecular weight excluding hydrogens is 346 g/mol. The first-order chi connectivity index (χ1) is 13.0. The Morgan fingerprint density at radius 2 is 1.89 bits per heavy atom. The van der Waals surface area contributed by atoms with Crippen LogP contribution < -0.4 is 10.2 Å². The Bertz CT molecular complexity index is 713. The van der Waals surface area contributed by atoms with Crippen molar-refractivity contribution in [2.24, 2.45) is 0 Å². The zero-order chi connectivity index (χ0) is 19.4. The fourth-order valence-electron chi connectivity index (χ4n) is 3.87. The summed E-state index contributed by atoms with van der Waals surface area (Å²) in [6.07, 6.45) is 1.69. The monoisotopic (exact) mass is 373 g/mol. The summed E-state index contributed by atoms with van der Waals surface area (Å²) >= 11 is 0. The van der Waals surface area contributed by atoms with E-state index in [4.69, 9.17) is 4.74 Å². The average molecular weight is 373 g/mol. The van der Waals surface area contributed by atoms with E-state index in [-0.39, 0.29) is 36.4 Å². The van der Waals surface area contributed by atoms with E-state index in [1.807, 2.05) is 31.2 Å². The summed E-state index contributed by atoms with van der Waals surface area (Å²) in [7, 11) is 0. The predicted molar refractivity (Wildman–Crippen MR) is 101 cm³/mol. The zero-order valence-corrected chi connectivity index (χ0v) is 15.9. The van der Waals surface area contributed by atoms with Gasteiger partial charge in [0.2, 0.25) is 11.8 Å². The van der Waals surface area contributed by atoms with Crippen LogP contribution in [0.1, 0.15) is 38.7 Å². The van der Waals surface area contributed by atoms with Crippen molar-refractivity contribution in [2.45, 2.75) is 51.6 Å². The summed E-state index contributed by atoms with van der Waals surface area (Å²) in [5, 5.41) is 2.94. The number of likely N-dealkylation sites (tertiary alicyclic amines) is 1. The topological polar surface area (TPSA) is 79.0 Å². The van der Waals surface area contributed by atoms with Crippen molar-refractivity contribution >= 4 is 23.6 Å². The molecule has 1 fully saturated rings. The molecule has 0 radical (unpaired) electrons. The second-order valence-electron chi connectivity index (χ2n) is 7.15. The van der Waals surface area contributed by atoms with Gasteiger partial charge in [-0.3, -0.25) is 9.59 Å². The van der Waals surface area contributed by atoms with Crippen LogP contribution in [-0.2, 0) is 20.7 Å². The Morgan fingerprint density at radius 1 is 1.19 bits per heavy atom. The van der Waals surface area contributed by atoms with Gasteiger partial charge in [-0.1, -0.05) is 18.2 Å². The fraction of sp³-hybridized carbons (Fsp3) is 0.550. The van der Waals surface area contributed by atoms with Gasteiger partial charge in [-0.2, -0.15) is 0 Å². The number of fused-ring (bicyclic) bond motifs is 1. The number of ether oxygens (including phenoxy) is 1. The van der Waals surface area contributed by atoms with E-state index in [0.29, 0.717) is 32.5 Å². The lowest BCUT2D eigenvalue weighted by Gasteiger charge is -2.31. The van der Waals surface area contributed by atoms with Crippen LogP contribution in [0.3, 0.4) is 0 Å². The molecule has 146 valence electrons. The Hall–Kier alpha value is -2.57. The van der Waals surface area contributed by atoms with Gasteiger partial charge in [-0.25, -0.2) is 4.79 Å². The van der Waals surface area contributed by atoms with Crippen molar-refractivity contribution in [3.8, 4) is 0 Å². The van der Waals surface area contributed by atoms with Gasteiger partial charge >= 0.3 is 6.09 Å². The van der Waals surface area contributed by atoms with Gasteiger partial charge < -0.3 is 19.9 Å². The van der Waals surface area contributed by atoms with E-state index in [2.05, 4.69) is 5.32 Å². The largest absolute Gasteiger partial charge is 0.450 e. The number of nitrogens with zero attached hydrogens (tertiary/aromatic N) is 2. The standard InChI is InChI=1S/C20H27N3O4/c1-3-27-20(26)22-10-8-16(9-11-22)21-18(24)13-19(25)23-14(2)12-15-6-4-5-7-17(15)23/h4-7,14,16H,3,8-13H2,1-2H3,(H,21,24). The smallest absolute Gasteiger partial charge is 0.409 e. The lowest BCUT2D eigenvalue weighted by Crippen LogP contribution is -2.47. The van der Waals surface area contributed by atoms with Crippen LogP contribution in [0, 0.1) is 0 Å². The number of benzene rings is 1. The number of para-hydroxylation sites is 1. The molecule has 2 aliphatic rings. The summed E-state index contributed by atoms with van der Waals surface area (Å²) in [4.78, 5) is 40.1. The predicted octanol–water partition coefficient (Wildman–Crippen LogP) is 2.09. The molecule has 1 N–H and O–H groups in total. The molecule has 1 unspecified atom stereocenters. The highest BCUT2D eigenvalue weighted by Crippen LogP contribution is 2.32. The number of carbonyl (C=O) groups is 3. The maximum Gasteiger partial charge on any atom is 0.409 e. The first-order valence-corrected chi connectivity index (χ1v) is 9.60. The second-order valence-corrected chi connectivity index (χ2v) is 7.15. The van der Waals surface area contributed by atoms with Crippen LogP contribution in [0.4, 0.5) is 10.5 Å². The molecule has 0 spiro atoms. The normalized spacial score (nSPS) is 19.6. The van der Waals surface area contributed by atoms with E-state index < -0.39 is 0 Å². The molecule has 2 heterocycles. The van der Waals surface area contributed by atoms with Gasteiger partial charge in [0.1, 0.15) is 6.42 Å². The summed E-state index contributed by atoms with van der Waals surface area (Å²) < 4.78 is 5.00. The van der Waals surface area contributed by atoms with Gasteiger partial charge in [0, 0.05) is 30.9 Å². The fourth-order valence-corrected chi connectivity index (χ4v) is 3.87. The molecular formula is C20H27N3O4. The van der Waals surface area contributed by atoms with Gasteiger partial charge in [0.25, 0.3) is 0 Å². The lowest BCUT2D eigenvalue weighted by atomic mass is 10.1. The van der Waals surface area contributed by atoms with Crippen molar-refractivity contribution in [3.63, 3.8) is 0 Å². The first kappa shape index (κ1) is 19.2. The molecule has 1 aromatic carbocycles. The van der Waals surface area contributed by atoms with Crippen LogP contribution in [0.2, 0.25) is 0 Å². The zero-order valence-electron chi connectivity index (χ0n) is 15.9. The maximum atomic E-state index is 12.7. The van der Waals surface area contributed by atoms with Gasteiger partial charge in [-0.05, 0) is 44.7 Å². The van der Waals surface area contributed by atoms with E-state index in [0.717, 1.165) is 17.7 Å². The molecule has 27 heavy (non-hydrogen) atoms. The Morgan fingerprint density at radius 3 is 2.59 bits per heavy atom. The highest BCUT2D eigenvalue weighted by atomic mass is 16.6. The van der Waals surface area contributed by atoms with Crippen molar-refractivity contribution in [1.82, 2.24) is 10.2 Å². The summed E-state index contributed by atoms with van der Waals surface area (Å²) in [5.41, 5.74) is 2.05. The molecule has 1 saturated heterocycles. The van der Waals surface area contributed by atoms with Gasteiger partial charge in [-0.15, -0.1) is 0 Å². The van der Waals surface area contributed by atoms with Crippen LogP contribution in [0.15, 0.2) is 24.3 Å². The highest BCUT2D eigenvalue weighted by Gasteiger charge is 2.32. The third-order valence-electron chi connectivity index (χ3n) is 5.17. The van der Waals surface area contributed by atoms with E-state index in [1.54, 1.807) is 16.7 Å². The van der Waals surface area contributed by atoms with Crippen LogP contribution in [0.25, 0.3) is 0 Å². The summed E-state index contributed by atoms with van der Waals surface area (Å²) in [6, 6.07) is 7.88. The quantitative estimate of drug-likeness (QED) is 0.820. The maximum absolute atomic E-state index is 12.7. The van der Waals surface area contributed by atoms with Crippen molar-refractivity contribution in [2.75, 3.05) is 24.6 Å². The van der Waals surface area contributed by atoms with Crippen molar-refractivity contribution in [3.05, 3.63) is 29.8 Å². The lowest BCUT2D eigenvalue weighted by molar-refractivity contribution is -0.128. The molecule has 0 bridgehead atoms. The molecule has 1 atom stereocenters. The Kier molecular flexibility index (Phi) is 5.98. The first-order valence-electron chi connectivity index (χ1n) is 9.60. The number of nitrogens with one attached hydrogen (secondary N) is 1. The number of rotatable bonds is 4. The Labute approximate surface area is 159 Å². The van der Waals surface area contributed by atoms with Crippen molar-refractivity contribution < 1.29 is 19.1 Å². The minimum absolute atomic E-state index is 0.0146. The van der Waals surface area contributed by atoms with Gasteiger partial charge in [0.15, 0.2) is 0 Å². The number of anilines is 1. The van der Waals surface area contributed by atoms with Gasteiger partial charge in [0.05, 0.1) is 6.61 Å². The molecule has 2 aliphatic heterocycles. The van der Waals surface area contributed by atoms with Crippen LogP contribution >= 0.6 is 0 Å². The van der Waals surface area contributed by atoms with E-state index >= 15 is 0 Å². The van der Waals surface area contributed by atoms with Crippen LogP contribution in [0.5, 0.6) is 0 Å². The third-order valence-corrected chi connectivity index (χ3v) is 5.17. The molecule has 3 amide bonds. The minimum Gasteiger partial charge on any atom is -0.450 e. The van der Waals surface area contributed by atoms with E-state index in [9.17, 15) is 14.4 Å². The number of hydrogen-bond donors (Lipinski definition) is 1. The van der Waals surface area contributed by atoms with Crippen molar-refractivity contribution in [1.29, 1.82) is 0 Å². The molecule has 3 rings (SSSR count).